The Morgan fingerprint density at radius 3 is 2.46 bits per heavy atom. The van der Waals surface area contributed by atoms with Crippen molar-refractivity contribution in [2.75, 3.05) is 0 Å². The highest BCUT2D eigenvalue weighted by molar-refractivity contribution is 6.31. The molecule has 0 N–H and O–H groups in total. The van der Waals surface area contributed by atoms with E-state index in [1.165, 1.54) is 0 Å². The van der Waals surface area contributed by atoms with Gasteiger partial charge in [0.2, 0.25) is 0 Å². The summed E-state index contributed by atoms with van der Waals surface area (Å²) in [6.07, 6.45) is 0.938. The highest BCUT2D eigenvalue weighted by atomic mass is 35.5. The van der Waals surface area contributed by atoms with Gasteiger partial charge in [0, 0.05) is 10.4 Å². The van der Waals surface area contributed by atoms with Crippen molar-refractivity contribution in [1.29, 1.82) is 0 Å². The number of rotatable bonds is 2. The summed E-state index contributed by atoms with van der Waals surface area (Å²) >= 11 is 5.96. The first-order valence-electron chi connectivity index (χ1n) is 4.20. The number of hydrogen-bond donors (Lipinski definition) is 0. The predicted octanol–water partition coefficient (Wildman–Crippen LogP) is 3.12. The van der Waals surface area contributed by atoms with Crippen LogP contribution in [0.25, 0.3) is 0 Å². The molecule has 0 spiro atoms. The first-order valence-corrected chi connectivity index (χ1v) is 4.58. The lowest BCUT2D eigenvalue weighted by atomic mass is 9.86. The van der Waals surface area contributed by atoms with Crippen molar-refractivity contribution in [3.8, 4) is 0 Å². The fraction of sp³-hybridized carbons (Fsp3) is 0.364. The van der Waals surface area contributed by atoms with Crippen LogP contribution in [0.1, 0.15) is 25.0 Å². The summed E-state index contributed by atoms with van der Waals surface area (Å²) in [6, 6.07) is 5.73. The van der Waals surface area contributed by atoms with E-state index in [4.69, 9.17) is 11.6 Å². The molecule has 0 bridgehead atoms. The molecular weight excluding hydrogens is 184 g/mol. The van der Waals surface area contributed by atoms with E-state index in [1.807, 2.05) is 39.0 Å². The normalized spacial score (nSPS) is 11.4. The molecule has 0 fully saturated rings. The van der Waals surface area contributed by atoms with Crippen molar-refractivity contribution in [2.24, 2.45) is 0 Å². The van der Waals surface area contributed by atoms with Gasteiger partial charge in [-0.2, -0.15) is 0 Å². The lowest BCUT2D eigenvalue weighted by molar-refractivity contribution is -0.111. The summed E-state index contributed by atoms with van der Waals surface area (Å²) in [4.78, 5) is 10.8. The van der Waals surface area contributed by atoms with Gasteiger partial charge in [-0.05, 0) is 38.0 Å². The van der Waals surface area contributed by atoms with E-state index in [0.717, 1.165) is 17.4 Å². The molecule has 0 heterocycles. The van der Waals surface area contributed by atoms with Gasteiger partial charge in [-0.15, -0.1) is 0 Å². The molecular formula is C11H13ClO. The highest BCUT2D eigenvalue weighted by Gasteiger charge is 2.19. The number of hydrogen-bond acceptors (Lipinski definition) is 1. The molecule has 0 unspecified atom stereocenters. The van der Waals surface area contributed by atoms with Crippen LogP contribution >= 0.6 is 11.6 Å². The number of carbonyl (C=O) groups is 1. The Bertz CT molecular complexity index is 329. The van der Waals surface area contributed by atoms with Gasteiger partial charge in [0.05, 0.1) is 0 Å². The summed E-state index contributed by atoms with van der Waals surface area (Å²) in [5, 5.41) is 0.715. The van der Waals surface area contributed by atoms with Crippen molar-refractivity contribution >= 4 is 17.9 Å². The largest absolute Gasteiger partial charge is 0.302 e. The van der Waals surface area contributed by atoms with Gasteiger partial charge in [-0.3, -0.25) is 0 Å². The molecule has 0 atom stereocenters. The SMILES string of the molecule is Cc1ccc(C(C)(C)C=O)cc1Cl. The van der Waals surface area contributed by atoms with Gasteiger partial charge in [-0.1, -0.05) is 23.7 Å². The number of aldehydes is 1. The van der Waals surface area contributed by atoms with Crippen LogP contribution < -0.4 is 0 Å². The molecule has 1 aromatic rings. The summed E-state index contributed by atoms with van der Waals surface area (Å²) in [6.45, 7) is 5.70. The van der Waals surface area contributed by atoms with Gasteiger partial charge in [0.25, 0.3) is 0 Å². The highest BCUT2D eigenvalue weighted by Crippen LogP contribution is 2.25. The molecule has 2 heteroatoms. The molecule has 0 aliphatic rings. The topological polar surface area (TPSA) is 17.1 Å². The van der Waals surface area contributed by atoms with Crippen molar-refractivity contribution in [3.05, 3.63) is 34.3 Å². The van der Waals surface area contributed by atoms with Gasteiger partial charge in [-0.25, -0.2) is 0 Å². The molecule has 0 saturated carbocycles. The van der Waals surface area contributed by atoms with Gasteiger partial charge < -0.3 is 4.79 Å². The summed E-state index contributed by atoms with van der Waals surface area (Å²) in [5.74, 6) is 0. The molecule has 0 aliphatic heterocycles. The van der Waals surface area contributed by atoms with E-state index in [9.17, 15) is 4.79 Å². The lowest BCUT2D eigenvalue weighted by Crippen LogP contribution is -2.18. The average Bonchev–Trinajstić information content (AvgIpc) is 2.09. The Morgan fingerprint density at radius 1 is 1.38 bits per heavy atom. The van der Waals surface area contributed by atoms with Gasteiger partial charge in [0.15, 0.2) is 0 Å². The second kappa shape index (κ2) is 3.51. The third-order valence-electron chi connectivity index (χ3n) is 2.21. The summed E-state index contributed by atoms with van der Waals surface area (Å²) in [7, 11) is 0. The van der Waals surface area contributed by atoms with Crippen molar-refractivity contribution in [2.45, 2.75) is 26.2 Å². The minimum Gasteiger partial charge on any atom is -0.302 e. The summed E-state index contributed by atoms with van der Waals surface area (Å²) < 4.78 is 0. The molecule has 13 heavy (non-hydrogen) atoms. The van der Waals surface area contributed by atoms with Crippen LogP contribution in [0.15, 0.2) is 18.2 Å². The van der Waals surface area contributed by atoms with Crippen LogP contribution in [0, 0.1) is 6.92 Å². The van der Waals surface area contributed by atoms with E-state index in [-0.39, 0.29) is 0 Å². The smallest absolute Gasteiger partial charge is 0.129 e. The lowest BCUT2D eigenvalue weighted by Gasteiger charge is -2.17. The minimum absolute atomic E-state index is 0.447. The Morgan fingerprint density at radius 2 is 2.00 bits per heavy atom. The predicted molar refractivity (Wildman–Crippen MR) is 55.3 cm³/mol. The number of halogens is 1. The quantitative estimate of drug-likeness (QED) is 0.665. The molecule has 1 rings (SSSR count). The zero-order valence-corrected chi connectivity index (χ0v) is 8.85. The molecule has 0 amide bonds. The Kier molecular flexibility index (Phi) is 2.77. The van der Waals surface area contributed by atoms with E-state index in [0.29, 0.717) is 5.02 Å². The Labute approximate surface area is 83.7 Å². The molecule has 0 aromatic heterocycles. The van der Waals surface area contributed by atoms with Crippen LogP contribution in [0.3, 0.4) is 0 Å². The van der Waals surface area contributed by atoms with E-state index >= 15 is 0 Å². The van der Waals surface area contributed by atoms with E-state index in [2.05, 4.69) is 0 Å². The van der Waals surface area contributed by atoms with Crippen LogP contribution in [0.2, 0.25) is 5.02 Å². The van der Waals surface area contributed by atoms with E-state index < -0.39 is 5.41 Å². The third kappa shape index (κ3) is 2.10. The molecule has 0 radical (unpaired) electrons. The Balaban J connectivity index is 3.18. The summed E-state index contributed by atoms with van der Waals surface area (Å²) in [5.41, 5.74) is 1.54. The fourth-order valence-corrected chi connectivity index (χ4v) is 1.24. The fourth-order valence-electron chi connectivity index (χ4n) is 1.06. The van der Waals surface area contributed by atoms with Crippen molar-refractivity contribution in [3.63, 3.8) is 0 Å². The van der Waals surface area contributed by atoms with Gasteiger partial charge >= 0.3 is 0 Å². The van der Waals surface area contributed by atoms with E-state index in [1.54, 1.807) is 0 Å². The zero-order valence-electron chi connectivity index (χ0n) is 8.10. The Hall–Kier alpha value is -0.820. The monoisotopic (exact) mass is 196 g/mol. The van der Waals surface area contributed by atoms with Crippen LogP contribution in [0.5, 0.6) is 0 Å². The van der Waals surface area contributed by atoms with Crippen LogP contribution in [-0.2, 0) is 10.2 Å². The number of benzene rings is 1. The van der Waals surface area contributed by atoms with Gasteiger partial charge in [0.1, 0.15) is 6.29 Å². The standard InChI is InChI=1S/C11H13ClO/c1-8-4-5-9(6-10(8)12)11(2,3)7-13/h4-7H,1-3H3. The first kappa shape index (κ1) is 10.3. The molecule has 1 aromatic carbocycles. The zero-order chi connectivity index (χ0) is 10.1. The van der Waals surface area contributed by atoms with Crippen LogP contribution in [0.4, 0.5) is 0 Å². The number of carbonyl (C=O) groups excluding carboxylic acids is 1. The maximum Gasteiger partial charge on any atom is 0.129 e. The molecule has 0 saturated heterocycles. The maximum absolute atomic E-state index is 10.8. The van der Waals surface area contributed by atoms with Crippen molar-refractivity contribution < 1.29 is 4.79 Å². The minimum atomic E-state index is -0.447. The second-order valence-corrected chi connectivity index (χ2v) is 4.21. The first-order chi connectivity index (χ1) is 5.97. The molecule has 70 valence electrons. The molecule has 0 aliphatic carbocycles. The molecule has 1 nitrogen and oxygen atoms in total. The average molecular weight is 197 g/mol. The maximum atomic E-state index is 10.8. The third-order valence-corrected chi connectivity index (χ3v) is 2.62. The van der Waals surface area contributed by atoms with Crippen molar-refractivity contribution in [1.82, 2.24) is 0 Å². The number of aryl methyl sites for hydroxylation is 1. The second-order valence-electron chi connectivity index (χ2n) is 3.80. The van der Waals surface area contributed by atoms with Crippen LogP contribution in [-0.4, -0.2) is 6.29 Å².